The van der Waals surface area contributed by atoms with E-state index in [4.69, 9.17) is 9.47 Å². The van der Waals surface area contributed by atoms with Crippen molar-refractivity contribution in [2.45, 2.75) is 18.1 Å². The Hall–Kier alpha value is -2.12. The molecule has 0 saturated carbocycles. The summed E-state index contributed by atoms with van der Waals surface area (Å²) < 4.78 is 14.4. The molecule has 0 bridgehead atoms. The van der Waals surface area contributed by atoms with E-state index in [-0.39, 0.29) is 18.5 Å². The molecule has 0 aliphatic rings. The van der Waals surface area contributed by atoms with Crippen LogP contribution in [0.3, 0.4) is 0 Å². The number of hydrogen-bond acceptors (Lipinski definition) is 7. The molecule has 7 heteroatoms. The minimum absolute atomic E-state index is 0.143. The second-order valence-electron chi connectivity index (χ2n) is 4.58. The van der Waals surface area contributed by atoms with Gasteiger partial charge in [0, 0.05) is 15.7 Å². The smallest absolute Gasteiger partial charge is 0.452 e. The summed E-state index contributed by atoms with van der Waals surface area (Å²) in [5.41, 5.74) is 1.79. The van der Waals surface area contributed by atoms with Crippen molar-refractivity contribution in [1.82, 2.24) is 0 Å². The van der Waals surface area contributed by atoms with Gasteiger partial charge in [-0.2, -0.15) is 0 Å². The van der Waals surface area contributed by atoms with Crippen molar-refractivity contribution in [1.29, 1.82) is 0 Å². The van der Waals surface area contributed by atoms with Gasteiger partial charge in [-0.3, -0.25) is 0 Å². The second-order valence-corrected chi connectivity index (χ2v) is 6.72. The highest BCUT2D eigenvalue weighted by Crippen LogP contribution is 2.32. The molecule has 24 heavy (non-hydrogen) atoms. The van der Waals surface area contributed by atoms with Gasteiger partial charge in [0.2, 0.25) is 0 Å². The molecule has 2 aromatic carbocycles. The fraction of sp³-hybridized carbons (Fsp3) is 0.176. The van der Waals surface area contributed by atoms with Crippen LogP contribution in [0.25, 0.3) is 0 Å². The van der Waals surface area contributed by atoms with E-state index in [0.29, 0.717) is 0 Å². The lowest BCUT2D eigenvalue weighted by atomic mass is 10.2. The van der Waals surface area contributed by atoms with Gasteiger partial charge in [-0.1, -0.05) is 42.5 Å². The van der Waals surface area contributed by atoms with Crippen molar-refractivity contribution in [3.05, 3.63) is 65.7 Å². The minimum Gasteiger partial charge on any atom is -0.452 e. The van der Waals surface area contributed by atoms with Gasteiger partial charge in [0.15, 0.2) is 0 Å². The second kappa shape index (κ2) is 9.89. The van der Waals surface area contributed by atoms with Gasteiger partial charge < -0.3 is 14.2 Å². The highest BCUT2D eigenvalue weighted by atomic mass is 33.1. The Morgan fingerprint density at radius 1 is 0.875 bits per heavy atom. The van der Waals surface area contributed by atoms with E-state index in [2.05, 4.69) is 4.74 Å². The van der Waals surface area contributed by atoms with Crippen molar-refractivity contribution < 1.29 is 23.8 Å². The maximum atomic E-state index is 11.7. The lowest BCUT2D eigenvalue weighted by Gasteiger charge is -2.05. The van der Waals surface area contributed by atoms with E-state index in [1.54, 1.807) is 0 Å². The lowest BCUT2D eigenvalue weighted by Crippen LogP contribution is -2.03. The molecule has 0 N–H and O–H groups in total. The van der Waals surface area contributed by atoms with Crippen LogP contribution in [0, 0.1) is 0 Å². The van der Waals surface area contributed by atoms with Crippen molar-refractivity contribution in [3.8, 4) is 0 Å². The Bertz CT molecular complexity index is 658. The quantitative estimate of drug-likeness (QED) is 0.525. The molecule has 0 heterocycles. The van der Waals surface area contributed by atoms with Gasteiger partial charge in [0.1, 0.15) is 13.2 Å². The molecule has 0 radical (unpaired) electrons. The summed E-state index contributed by atoms with van der Waals surface area (Å²) >= 11 is 0. The Labute approximate surface area is 148 Å². The van der Waals surface area contributed by atoms with Crippen LogP contribution < -0.4 is 0 Å². The molecule has 5 nitrogen and oxygen atoms in total. The van der Waals surface area contributed by atoms with Gasteiger partial charge in [0.25, 0.3) is 0 Å². The molecule has 0 fully saturated rings. The summed E-state index contributed by atoms with van der Waals surface area (Å²) in [4.78, 5) is 23.5. The first-order chi connectivity index (χ1) is 11.7. The first-order valence-electron chi connectivity index (χ1n) is 7.02. The fourth-order valence-corrected chi connectivity index (χ4v) is 3.15. The zero-order chi connectivity index (χ0) is 17.2. The van der Waals surface area contributed by atoms with Crippen LogP contribution in [0.1, 0.15) is 11.1 Å². The Kier molecular flexibility index (Phi) is 7.51. The Morgan fingerprint density at radius 3 is 2.17 bits per heavy atom. The number of carbonyl (C=O) groups is 2. The Morgan fingerprint density at radius 2 is 1.50 bits per heavy atom. The van der Waals surface area contributed by atoms with Crippen LogP contribution in [-0.2, 0) is 27.4 Å². The molecule has 126 valence electrons. The summed E-state index contributed by atoms with van der Waals surface area (Å²) in [5.74, 6) is 0. The van der Waals surface area contributed by atoms with Crippen molar-refractivity contribution in [2.24, 2.45) is 0 Å². The number of ether oxygens (including phenoxy) is 3. The zero-order valence-corrected chi connectivity index (χ0v) is 14.6. The highest BCUT2D eigenvalue weighted by molar-refractivity contribution is 8.82. The summed E-state index contributed by atoms with van der Waals surface area (Å²) in [6.45, 7) is 0.404. The third kappa shape index (κ3) is 6.55. The van der Waals surface area contributed by atoms with Crippen LogP contribution in [0.15, 0.2) is 59.5 Å². The van der Waals surface area contributed by atoms with Crippen LogP contribution >= 0.6 is 21.6 Å². The van der Waals surface area contributed by atoms with E-state index in [1.165, 1.54) is 17.9 Å². The maximum Gasteiger partial charge on any atom is 0.508 e. The van der Waals surface area contributed by atoms with Crippen molar-refractivity contribution >= 4 is 33.0 Å². The van der Waals surface area contributed by atoms with E-state index >= 15 is 0 Å². The normalized spacial score (nSPS) is 10.0. The van der Waals surface area contributed by atoms with Crippen LogP contribution in [0.2, 0.25) is 0 Å². The lowest BCUT2D eigenvalue weighted by molar-refractivity contribution is 0.0669. The molecule has 0 atom stereocenters. The molecule has 2 aromatic rings. The summed E-state index contributed by atoms with van der Waals surface area (Å²) in [6.07, 6.45) is -0.717. The molecule has 0 saturated heterocycles. The summed E-state index contributed by atoms with van der Waals surface area (Å²) in [5, 5.41) is -0.345. The topological polar surface area (TPSA) is 61.8 Å². The number of hydrogen-bond donors (Lipinski definition) is 0. The summed E-state index contributed by atoms with van der Waals surface area (Å²) in [7, 11) is 3.60. The Balaban J connectivity index is 1.71. The largest absolute Gasteiger partial charge is 0.508 e. The van der Waals surface area contributed by atoms with Crippen molar-refractivity contribution in [3.63, 3.8) is 0 Å². The van der Waals surface area contributed by atoms with Crippen molar-refractivity contribution in [2.75, 3.05) is 7.11 Å². The molecule has 2 rings (SSSR count). The monoisotopic (exact) mass is 364 g/mol. The van der Waals surface area contributed by atoms with Gasteiger partial charge >= 0.3 is 11.5 Å². The van der Waals surface area contributed by atoms with Gasteiger partial charge in [-0.05, 0) is 34.1 Å². The highest BCUT2D eigenvalue weighted by Gasteiger charge is 2.07. The predicted octanol–water partition coefficient (Wildman–Crippen LogP) is 5.05. The van der Waals surface area contributed by atoms with Crippen LogP contribution in [-0.4, -0.2) is 18.6 Å². The van der Waals surface area contributed by atoms with E-state index < -0.39 is 6.16 Å². The van der Waals surface area contributed by atoms with E-state index in [9.17, 15) is 9.59 Å². The average Bonchev–Trinajstić information content (AvgIpc) is 2.64. The van der Waals surface area contributed by atoms with Crippen LogP contribution in [0.4, 0.5) is 9.59 Å². The maximum absolute atomic E-state index is 11.7. The summed E-state index contributed by atoms with van der Waals surface area (Å²) in [6, 6.07) is 16.8. The molecule has 0 unspecified atom stereocenters. The average molecular weight is 364 g/mol. The molecule has 0 aliphatic carbocycles. The SMILES string of the molecule is COC(=O)OCc1ccc(SSC(=O)OCc2ccccc2)cc1. The van der Waals surface area contributed by atoms with Gasteiger partial charge in [-0.15, -0.1) is 0 Å². The fourth-order valence-electron chi connectivity index (χ4n) is 1.67. The first-order valence-corrected chi connectivity index (χ1v) is 9.17. The molecule has 0 aromatic heterocycles. The number of benzene rings is 2. The van der Waals surface area contributed by atoms with E-state index in [0.717, 1.165) is 26.8 Å². The number of methoxy groups -OCH3 is 1. The van der Waals surface area contributed by atoms with Gasteiger partial charge in [-0.25, -0.2) is 9.59 Å². The molecule has 0 amide bonds. The third-order valence-corrected chi connectivity index (χ3v) is 4.89. The number of rotatable bonds is 6. The minimum atomic E-state index is -0.717. The molecule has 0 spiro atoms. The standard InChI is InChI=1S/C17H16O5S2/c1-20-16(18)21-11-14-7-9-15(10-8-14)23-24-17(19)22-12-13-5-3-2-4-6-13/h2-10H,11-12H2,1H3. The van der Waals surface area contributed by atoms with Crippen LogP contribution in [0.5, 0.6) is 0 Å². The third-order valence-electron chi connectivity index (χ3n) is 2.85. The molecule has 0 aliphatic heterocycles. The zero-order valence-electron chi connectivity index (χ0n) is 13.0. The predicted molar refractivity (Wildman–Crippen MR) is 93.7 cm³/mol. The molecular weight excluding hydrogens is 348 g/mol. The van der Waals surface area contributed by atoms with E-state index in [1.807, 2.05) is 54.6 Å². The first kappa shape index (κ1) is 18.2. The molecular formula is C17H16O5S2. The van der Waals surface area contributed by atoms with Gasteiger partial charge in [0.05, 0.1) is 7.11 Å². The number of carbonyl (C=O) groups excluding carboxylic acids is 2.